The Balaban J connectivity index is 1.75. The van der Waals surface area contributed by atoms with E-state index in [0.717, 1.165) is 35.4 Å². The third-order valence-corrected chi connectivity index (χ3v) is 6.99. The number of alkyl halides is 6. The molecule has 0 aliphatic carbocycles. The second kappa shape index (κ2) is 9.52. The molecule has 0 radical (unpaired) electrons. The van der Waals surface area contributed by atoms with Crippen molar-refractivity contribution in [3.8, 4) is 34.0 Å². The van der Waals surface area contributed by atoms with E-state index in [1.54, 1.807) is 35.2 Å². The van der Waals surface area contributed by atoms with Gasteiger partial charge in [0.15, 0.2) is 0 Å². The van der Waals surface area contributed by atoms with Crippen molar-refractivity contribution in [3.05, 3.63) is 120 Å². The molecule has 2 aromatic heterocycles. The van der Waals surface area contributed by atoms with Gasteiger partial charge >= 0.3 is 12.4 Å². The van der Waals surface area contributed by atoms with E-state index in [4.69, 9.17) is 0 Å². The third-order valence-electron chi connectivity index (χ3n) is 6.99. The molecule has 0 aliphatic heterocycles. The molecule has 6 rings (SSSR count). The lowest BCUT2D eigenvalue weighted by molar-refractivity contribution is -0.138. The molecule has 0 amide bonds. The summed E-state index contributed by atoms with van der Waals surface area (Å²) < 4.78 is 83.7. The molecule has 0 spiro atoms. The topological polar surface area (TPSA) is 41.6 Å². The smallest absolute Gasteiger partial charge is 0.309 e. The van der Waals surface area contributed by atoms with Gasteiger partial charge < -0.3 is 4.57 Å². The van der Waals surface area contributed by atoms with Crippen LogP contribution >= 0.6 is 0 Å². The number of aromatic nitrogens is 2. The average molecular weight is 557 g/mol. The van der Waals surface area contributed by atoms with Crippen LogP contribution in [0.3, 0.4) is 0 Å². The summed E-state index contributed by atoms with van der Waals surface area (Å²) in [4.78, 5) is 4.03. The van der Waals surface area contributed by atoms with E-state index in [2.05, 4.69) is 11.1 Å². The normalized spacial score (nSPS) is 12.1. The van der Waals surface area contributed by atoms with Crippen molar-refractivity contribution in [1.29, 1.82) is 5.26 Å². The highest BCUT2D eigenvalue weighted by Gasteiger charge is 2.33. The standard InChI is InChI=1S/C32H17F6N3/c33-31(34,35)22-6-8-28-26(15-22)27-16-23(32(36,37)38)7-9-29(27)41(28)30-14-21(18-39)24(20-10-12-40-13-11-20)17-25(30)19-4-2-1-3-5-19/h1-17H. The lowest BCUT2D eigenvalue weighted by atomic mass is 9.93. The van der Waals surface area contributed by atoms with Crippen molar-refractivity contribution in [2.75, 3.05) is 0 Å². The van der Waals surface area contributed by atoms with Crippen molar-refractivity contribution < 1.29 is 26.3 Å². The summed E-state index contributed by atoms with van der Waals surface area (Å²) in [5, 5.41) is 10.1. The lowest BCUT2D eigenvalue weighted by Gasteiger charge is -2.18. The molecule has 2 heterocycles. The first kappa shape index (κ1) is 26.1. The molecule has 3 nitrogen and oxygen atoms in total. The van der Waals surface area contributed by atoms with E-state index in [0.29, 0.717) is 16.8 Å². The Bertz CT molecular complexity index is 1890. The van der Waals surface area contributed by atoms with Crippen LogP contribution in [-0.4, -0.2) is 9.55 Å². The van der Waals surface area contributed by atoms with Crippen molar-refractivity contribution in [3.63, 3.8) is 0 Å². The fraction of sp³-hybridized carbons (Fsp3) is 0.0625. The van der Waals surface area contributed by atoms with E-state index in [9.17, 15) is 31.6 Å². The van der Waals surface area contributed by atoms with Gasteiger partial charge in [-0.25, -0.2) is 0 Å². The molecule has 202 valence electrons. The molecule has 0 fully saturated rings. The van der Waals surface area contributed by atoms with E-state index in [1.807, 2.05) is 36.4 Å². The largest absolute Gasteiger partial charge is 0.416 e. The van der Waals surface area contributed by atoms with Gasteiger partial charge in [0, 0.05) is 34.3 Å². The predicted octanol–water partition coefficient (Wildman–Crippen LogP) is 9.42. The van der Waals surface area contributed by atoms with Gasteiger partial charge in [-0.05, 0) is 71.8 Å². The lowest BCUT2D eigenvalue weighted by Crippen LogP contribution is -2.04. The number of pyridine rings is 1. The number of hydrogen-bond acceptors (Lipinski definition) is 2. The number of benzene rings is 4. The van der Waals surface area contributed by atoms with Gasteiger partial charge in [-0.1, -0.05) is 30.3 Å². The predicted molar refractivity (Wildman–Crippen MR) is 144 cm³/mol. The van der Waals surface area contributed by atoms with Crippen molar-refractivity contribution >= 4 is 21.8 Å². The fourth-order valence-electron chi connectivity index (χ4n) is 5.12. The molecular formula is C32H17F6N3. The summed E-state index contributed by atoms with van der Waals surface area (Å²) in [5.41, 5.74) is 2.01. The number of nitrogens with zero attached hydrogens (tertiary/aromatic N) is 3. The van der Waals surface area contributed by atoms with Gasteiger partial charge in [-0.15, -0.1) is 0 Å². The van der Waals surface area contributed by atoms with E-state index in [-0.39, 0.29) is 27.4 Å². The van der Waals surface area contributed by atoms with Crippen molar-refractivity contribution in [2.45, 2.75) is 12.4 Å². The van der Waals surface area contributed by atoms with Crippen LogP contribution in [0.15, 0.2) is 103 Å². The summed E-state index contributed by atoms with van der Waals surface area (Å²) in [6.07, 6.45) is -6.20. The summed E-state index contributed by atoms with van der Waals surface area (Å²) in [6, 6.07) is 24.3. The molecule has 0 unspecified atom stereocenters. The van der Waals surface area contributed by atoms with Crippen molar-refractivity contribution in [2.24, 2.45) is 0 Å². The SMILES string of the molecule is N#Cc1cc(-n2c3ccc(C(F)(F)F)cc3c3cc(C(F)(F)F)ccc32)c(-c2ccccc2)cc1-c1ccncc1. The highest BCUT2D eigenvalue weighted by atomic mass is 19.4. The summed E-state index contributed by atoms with van der Waals surface area (Å²) in [7, 11) is 0. The maximum absolute atomic E-state index is 13.7. The average Bonchev–Trinajstić information content (AvgIpc) is 3.29. The minimum Gasteiger partial charge on any atom is -0.309 e. The Labute approximate surface area is 229 Å². The molecule has 4 aromatic carbocycles. The minimum absolute atomic E-state index is 0.0108. The van der Waals surface area contributed by atoms with Crippen LogP contribution < -0.4 is 0 Å². The molecule has 9 heteroatoms. The number of fused-ring (bicyclic) bond motifs is 3. The van der Waals surface area contributed by atoms with Gasteiger partial charge in [-0.3, -0.25) is 4.98 Å². The summed E-state index contributed by atoms with van der Waals surface area (Å²) in [6.45, 7) is 0. The van der Waals surface area contributed by atoms with Crippen molar-refractivity contribution in [1.82, 2.24) is 9.55 Å². The monoisotopic (exact) mass is 557 g/mol. The fourth-order valence-corrected chi connectivity index (χ4v) is 5.12. The van der Waals surface area contributed by atoms with Crippen LogP contribution in [0.25, 0.3) is 49.7 Å². The van der Waals surface area contributed by atoms with Gasteiger partial charge in [0.05, 0.1) is 39.5 Å². The van der Waals surface area contributed by atoms with Crippen LogP contribution in [0.4, 0.5) is 26.3 Å². The van der Waals surface area contributed by atoms with E-state index in [1.165, 1.54) is 12.1 Å². The Morgan fingerprint density at radius 3 is 1.66 bits per heavy atom. The Kier molecular flexibility index (Phi) is 6.07. The maximum Gasteiger partial charge on any atom is 0.416 e. The molecule has 0 N–H and O–H groups in total. The molecule has 0 saturated heterocycles. The zero-order valence-electron chi connectivity index (χ0n) is 20.9. The van der Waals surface area contributed by atoms with Crippen LogP contribution in [0.2, 0.25) is 0 Å². The van der Waals surface area contributed by atoms with Crippen LogP contribution in [0.1, 0.15) is 16.7 Å². The van der Waals surface area contributed by atoms with E-state index < -0.39 is 23.5 Å². The second-order valence-electron chi connectivity index (χ2n) is 9.42. The zero-order chi connectivity index (χ0) is 28.9. The number of halogens is 6. The number of rotatable bonds is 3. The molecule has 0 bridgehead atoms. The first-order valence-corrected chi connectivity index (χ1v) is 12.3. The van der Waals surface area contributed by atoms with Gasteiger partial charge in [-0.2, -0.15) is 31.6 Å². The molecule has 0 saturated carbocycles. The molecule has 6 aromatic rings. The molecule has 41 heavy (non-hydrogen) atoms. The third kappa shape index (κ3) is 4.57. The van der Waals surface area contributed by atoms with Gasteiger partial charge in [0.1, 0.15) is 0 Å². The number of hydrogen-bond donors (Lipinski definition) is 0. The first-order chi connectivity index (χ1) is 19.6. The number of nitriles is 1. The maximum atomic E-state index is 13.7. The second-order valence-corrected chi connectivity index (χ2v) is 9.42. The Morgan fingerprint density at radius 1 is 0.610 bits per heavy atom. The van der Waals surface area contributed by atoms with Gasteiger partial charge in [0.2, 0.25) is 0 Å². The first-order valence-electron chi connectivity index (χ1n) is 12.3. The molecular weight excluding hydrogens is 540 g/mol. The Morgan fingerprint density at radius 2 is 1.15 bits per heavy atom. The van der Waals surface area contributed by atoms with Crippen LogP contribution in [0.5, 0.6) is 0 Å². The van der Waals surface area contributed by atoms with E-state index >= 15 is 0 Å². The quantitative estimate of drug-likeness (QED) is 0.204. The molecule has 0 atom stereocenters. The highest BCUT2D eigenvalue weighted by Crippen LogP contribution is 2.42. The Hall–Kier alpha value is -5.10. The summed E-state index contributed by atoms with van der Waals surface area (Å²) >= 11 is 0. The highest BCUT2D eigenvalue weighted by molar-refractivity contribution is 6.10. The van der Waals surface area contributed by atoms with Crippen LogP contribution in [0, 0.1) is 11.3 Å². The minimum atomic E-state index is -4.69. The van der Waals surface area contributed by atoms with Crippen LogP contribution in [-0.2, 0) is 12.4 Å². The zero-order valence-corrected chi connectivity index (χ0v) is 20.9. The summed E-state index contributed by atoms with van der Waals surface area (Å²) in [5.74, 6) is 0. The molecule has 0 aliphatic rings. The van der Waals surface area contributed by atoms with Gasteiger partial charge in [0.25, 0.3) is 0 Å².